The van der Waals surface area contributed by atoms with Crippen molar-refractivity contribution in [1.82, 2.24) is 0 Å². The Balaban J connectivity index is 1.55. The zero-order valence-corrected chi connectivity index (χ0v) is 21.8. The summed E-state index contributed by atoms with van der Waals surface area (Å²) < 4.78 is 72.9. The van der Waals surface area contributed by atoms with E-state index in [0.717, 1.165) is 6.07 Å². The second-order valence-corrected chi connectivity index (χ2v) is 12.5. The van der Waals surface area contributed by atoms with Crippen LogP contribution in [0.25, 0.3) is 0 Å². The Morgan fingerprint density at radius 1 is 1.16 bits per heavy atom. The van der Waals surface area contributed by atoms with Crippen LogP contribution >= 0.6 is 11.6 Å². The molecule has 2 fully saturated rings. The lowest BCUT2D eigenvalue weighted by atomic mass is 9.77. The topological polar surface area (TPSA) is 136 Å². The minimum absolute atomic E-state index is 0.0825. The summed E-state index contributed by atoms with van der Waals surface area (Å²) in [4.78, 5) is 24.2. The number of fused-ring (bicyclic) bond motifs is 2. The highest BCUT2D eigenvalue weighted by atomic mass is 35.5. The van der Waals surface area contributed by atoms with Crippen LogP contribution in [-0.2, 0) is 19.4 Å². The summed E-state index contributed by atoms with van der Waals surface area (Å²) in [5.74, 6) is -7.15. The number of halogens is 4. The zero-order chi connectivity index (χ0) is 28.0. The van der Waals surface area contributed by atoms with Crippen molar-refractivity contribution in [3.05, 3.63) is 58.4 Å². The molecule has 206 valence electrons. The molecule has 2 aromatic rings. The van der Waals surface area contributed by atoms with Gasteiger partial charge in [0.2, 0.25) is 0 Å². The number of carbonyl (C=O) groups excluding carboxylic acids is 2. The lowest BCUT2D eigenvalue weighted by Gasteiger charge is -2.40. The summed E-state index contributed by atoms with van der Waals surface area (Å²) in [5.41, 5.74) is 3.58. The van der Waals surface area contributed by atoms with Gasteiger partial charge in [-0.05, 0) is 62.6 Å². The van der Waals surface area contributed by atoms with Crippen LogP contribution in [0.15, 0.2) is 35.2 Å². The molecule has 2 aromatic carbocycles. The number of hydrogen-bond acceptors (Lipinski definition) is 7. The number of benzene rings is 2. The first-order valence-corrected chi connectivity index (χ1v) is 13.8. The van der Waals surface area contributed by atoms with Crippen molar-refractivity contribution in [2.24, 2.45) is 17.6 Å². The molecule has 38 heavy (non-hydrogen) atoms. The van der Waals surface area contributed by atoms with Gasteiger partial charge in [0, 0.05) is 23.4 Å². The molecule has 8 nitrogen and oxygen atoms in total. The third kappa shape index (κ3) is 5.54. The van der Waals surface area contributed by atoms with Crippen LogP contribution in [0.1, 0.15) is 43.0 Å². The third-order valence-electron chi connectivity index (χ3n) is 7.08. The molecule has 0 aromatic heterocycles. The normalized spacial score (nSPS) is 25.6. The number of nitrogens with two attached hydrogens (primary N) is 1. The van der Waals surface area contributed by atoms with Crippen molar-refractivity contribution < 1.29 is 41.0 Å². The maximum atomic E-state index is 13.8. The Bertz CT molecular complexity index is 1350. The van der Waals surface area contributed by atoms with Crippen molar-refractivity contribution in [1.29, 1.82) is 0 Å². The van der Waals surface area contributed by atoms with Crippen LogP contribution in [0.2, 0.25) is 5.02 Å². The van der Waals surface area contributed by atoms with Gasteiger partial charge in [-0.25, -0.2) is 21.6 Å². The number of anilines is 1. The van der Waals surface area contributed by atoms with Crippen LogP contribution in [0.5, 0.6) is 0 Å². The molecule has 2 aliphatic carbocycles. The van der Waals surface area contributed by atoms with Gasteiger partial charge in [0.15, 0.2) is 27.3 Å². The van der Waals surface area contributed by atoms with Crippen LogP contribution in [0, 0.1) is 29.3 Å². The molecule has 1 unspecified atom stereocenters. The molecule has 4 rings (SSSR count). The molecule has 0 radical (unpaired) electrons. The summed E-state index contributed by atoms with van der Waals surface area (Å²) in [6.45, 7) is 1.15. The summed E-state index contributed by atoms with van der Waals surface area (Å²) in [5, 5.41) is 12.2. The van der Waals surface area contributed by atoms with Gasteiger partial charge >= 0.3 is 5.97 Å². The van der Waals surface area contributed by atoms with E-state index in [0.29, 0.717) is 25.0 Å². The Morgan fingerprint density at radius 3 is 2.29 bits per heavy atom. The average molecular weight is 575 g/mol. The highest BCUT2D eigenvalue weighted by Gasteiger charge is 2.54. The molecule has 2 saturated carbocycles. The lowest BCUT2D eigenvalue weighted by molar-refractivity contribution is -0.156. The molecule has 0 aliphatic heterocycles. The van der Waals surface area contributed by atoms with Gasteiger partial charge in [-0.3, -0.25) is 9.59 Å². The molecule has 0 spiro atoms. The van der Waals surface area contributed by atoms with Crippen LogP contribution in [0.4, 0.5) is 18.9 Å². The minimum atomic E-state index is -4.09. The van der Waals surface area contributed by atoms with Crippen molar-refractivity contribution >= 4 is 39.0 Å². The number of carbonyl (C=O) groups is 2. The van der Waals surface area contributed by atoms with Gasteiger partial charge in [0.1, 0.15) is 12.6 Å². The van der Waals surface area contributed by atoms with Crippen molar-refractivity contribution in [3.8, 4) is 0 Å². The molecule has 1 amide bonds. The van der Waals surface area contributed by atoms with E-state index in [1.165, 1.54) is 19.1 Å². The number of aliphatic hydroxyl groups is 1. The fourth-order valence-electron chi connectivity index (χ4n) is 5.44. The average Bonchev–Trinajstić information content (AvgIpc) is 3.14. The quantitative estimate of drug-likeness (QED) is 0.340. The molecule has 0 saturated heterocycles. The van der Waals surface area contributed by atoms with E-state index in [1.807, 2.05) is 0 Å². The molecule has 4 N–H and O–H groups in total. The second-order valence-electron chi connectivity index (χ2n) is 9.99. The van der Waals surface area contributed by atoms with E-state index < -0.39 is 67.9 Å². The van der Waals surface area contributed by atoms with E-state index in [-0.39, 0.29) is 40.6 Å². The Morgan fingerprint density at radius 2 is 1.74 bits per heavy atom. The molecular formula is C25H26ClF3N2O6S. The first-order valence-electron chi connectivity index (χ1n) is 11.9. The number of amides is 1. The summed E-state index contributed by atoms with van der Waals surface area (Å²) in [6, 6.07) is 3.87. The number of sulfone groups is 1. The maximum absolute atomic E-state index is 13.8. The van der Waals surface area contributed by atoms with Gasteiger partial charge in [-0.15, -0.1) is 0 Å². The zero-order valence-electron chi connectivity index (χ0n) is 20.2. The largest absolute Gasteiger partial charge is 0.461 e. The van der Waals surface area contributed by atoms with Gasteiger partial charge in [-0.1, -0.05) is 11.6 Å². The second kappa shape index (κ2) is 10.5. The van der Waals surface area contributed by atoms with Gasteiger partial charge in [0.05, 0.1) is 20.8 Å². The van der Waals surface area contributed by atoms with Crippen molar-refractivity contribution in [2.45, 2.75) is 54.4 Å². The predicted molar refractivity (Wildman–Crippen MR) is 132 cm³/mol. The van der Waals surface area contributed by atoms with Crippen molar-refractivity contribution in [3.63, 3.8) is 0 Å². The van der Waals surface area contributed by atoms with Gasteiger partial charge in [-0.2, -0.15) is 0 Å². The van der Waals surface area contributed by atoms with E-state index in [1.54, 1.807) is 0 Å². The third-order valence-corrected chi connectivity index (χ3v) is 9.96. The SMILES string of the molecule is C[C@H](N)C(=O)OC[C@]1(O)CC2CC[C@@H](C1)[C@H]2S(=O)(=O)c1cc(C(=O)Nc2cc(F)c(F)c(F)c2)ccc1Cl. The molecule has 13 heteroatoms. The van der Waals surface area contributed by atoms with E-state index in [9.17, 15) is 36.3 Å². The van der Waals surface area contributed by atoms with Crippen molar-refractivity contribution in [2.75, 3.05) is 11.9 Å². The minimum Gasteiger partial charge on any atom is -0.461 e. The molecule has 0 heterocycles. The number of nitrogens with one attached hydrogen (secondary N) is 1. The van der Waals surface area contributed by atoms with Crippen LogP contribution in [-0.4, -0.2) is 48.9 Å². The predicted octanol–water partition coefficient (Wildman–Crippen LogP) is 3.59. The number of esters is 1. The molecule has 5 atom stereocenters. The molecular weight excluding hydrogens is 549 g/mol. The monoisotopic (exact) mass is 574 g/mol. The van der Waals surface area contributed by atoms with E-state index in [4.69, 9.17) is 22.1 Å². The summed E-state index contributed by atoms with van der Waals surface area (Å²) >= 11 is 6.24. The van der Waals surface area contributed by atoms with E-state index >= 15 is 0 Å². The highest BCUT2D eigenvalue weighted by Crippen LogP contribution is 2.51. The summed E-state index contributed by atoms with van der Waals surface area (Å²) in [7, 11) is -4.09. The smallest absolute Gasteiger partial charge is 0.322 e. The molecule has 2 bridgehead atoms. The van der Waals surface area contributed by atoms with Gasteiger partial charge < -0.3 is 20.9 Å². The van der Waals surface area contributed by atoms with Gasteiger partial charge in [0.25, 0.3) is 5.91 Å². The van der Waals surface area contributed by atoms with Crippen LogP contribution in [0.3, 0.4) is 0 Å². The fraction of sp³-hybridized carbons (Fsp3) is 0.440. The Hall–Kier alpha value is -2.67. The Labute approximate surface area is 222 Å². The summed E-state index contributed by atoms with van der Waals surface area (Å²) in [6.07, 6.45) is 1.22. The standard InChI is InChI=1S/C25H26ClF3N2O6S/c1-12(30)24(33)37-11-25(34)9-14-2-3-15(10-25)22(14)38(35,36)20-6-13(4-5-17(20)26)23(32)31-16-7-18(27)21(29)19(28)8-16/h4-8,12,14-15,22,34H,2-3,9-11,30H2,1H3,(H,31,32)/t12-,14-,15?,22+,25+/m0/s1. The number of ether oxygens (including phenoxy) is 1. The first kappa shape index (κ1) is 28.3. The Kier molecular flexibility index (Phi) is 7.81. The first-order chi connectivity index (χ1) is 17.7. The molecule has 2 aliphatic rings. The number of rotatable bonds is 7. The maximum Gasteiger partial charge on any atom is 0.322 e. The van der Waals surface area contributed by atoms with Crippen LogP contribution < -0.4 is 11.1 Å². The highest BCUT2D eigenvalue weighted by molar-refractivity contribution is 7.92. The van der Waals surface area contributed by atoms with E-state index in [2.05, 4.69) is 5.32 Å². The number of hydrogen-bond donors (Lipinski definition) is 3. The lowest BCUT2D eigenvalue weighted by Crippen LogP contribution is -2.49. The fourth-order valence-corrected chi connectivity index (χ4v) is 8.28.